The van der Waals surface area contributed by atoms with E-state index in [0.29, 0.717) is 25.8 Å². The van der Waals surface area contributed by atoms with Gasteiger partial charge in [0, 0.05) is 13.0 Å². The van der Waals surface area contributed by atoms with Gasteiger partial charge < -0.3 is 26.6 Å². The Hall–Kier alpha value is -1.67. The van der Waals surface area contributed by atoms with E-state index in [1.165, 1.54) is 0 Å². The zero-order chi connectivity index (χ0) is 19.1. The second-order valence-corrected chi connectivity index (χ2v) is 6.39. The Morgan fingerprint density at radius 3 is 2.28 bits per heavy atom. The van der Waals surface area contributed by atoms with Crippen LogP contribution in [0.1, 0.15) is 71.1 Å². The van der Waals surface area contributed by atoms with Crippen LogP contribution in [-0.2, 0) is 14.3 Å². The predicted molar refractivity (Wildman–Crippen MR) is 96.8 cm³/mol. The molecule has 0 saturated heterocycles. The Balaban J connectivity index is 3.60. The summed E-state index contributed by atoms with van der Waals surface area (Å²) < 4.78 is 4.74. The van der Waals surface area contributed by atoms with Gasteiger partial charge in [0.15, 0.2) is 5.96 Å². The van der Waals surface area contributed by atoms with Crippen LogP contribution in [0.25, 0.3) is 0 Å². The molecule has 25 heavy (non-hydrogen) atoms. The third-order valence-corrected chi connectivity index (χ3v) is 3.78. The molecule has 7 N–H and O–H groups in total. The first-order chi connectivity index (χ1) is 11.8. The average Bonchev–Trinajstić information content (AvgIpc) is 2.53. The van der Waals surface area contributed by atoms with E-state index < -0.39 is 18.0 Å². The number of nitrogens with two attached hydrogens (primary N) is 2. The van der Waals surface area contributed by atoms with Gasteiger partial charge in [0.1, 0.15) is 6.04 Å². The highest BCUT2D eigenvalue weighted by atomic mass is 16.6. The van der Waals surface area contributed by atoms with Crippen molar-refractivity contribution in [3.63, 3.8) is 0 Å². The van der Waals surface area contributed by atoms with Crippen molar-refractivity contribution in [2.75, 3.05) is 6.54 Å². The predicted octanol–water partition coefficient (Wildman–Crippen LogP) is 1.15. The molecule has 0 aliphatic carbocycles. The maximum Gasteiger partial charge on any atom is 0.330 e. The lowest BCUT2D eigenvalue weighted by atomic mass is 10.1. The number of carbonyl (C=O) groups excluding carboxylic acids is 2. The van der Waals surface area contributed by atoms with Crippen molar-refractivity contribution in [2.45, 2.75) is 83.3 Å². The van der Waals surface area contributed by atoms with Crippen LogP contribution in [0.5, 0.6) is 0 Å². The van der Waals surface area contributed by atoms with Crippen LogP contribution in [-0.4, -0.2) is 41.7 Å². The lowest BCUT2D eigenvalue weighted by Crippen LogP contribution is -2.36. The van der Waals surface area contributed by atoms with Crippen LogP contribution >= 0.6 is 0 Å². The maximum atomic E-state index is 11.7. The minimum Gasteiger partial charge on any atom is -0.393 e. The van der Waals surface area contributed by atoms with E-state index in [1.54, 1.807) is 6.92 Å². The van der Waals surface area contributed by atoms with Crippen molar-refractivity contribution in [3.05, 3.63) is 0 Å². The maximum absolute atomic E-state index is 11.7. The lowest BCUT2D eigenvalue weighted by molar-refractivity contribution is -0.160. The molecule has 0 rings (SSSR count). The number of carbonyl (C=O) groups is 2. The zero-order valence-electron chi connectivity index (χ0n) is 15.3. The molecular formula is C17H34N4O4. The van der Waals surface area contributed by atoms with Gasteiger partial charge in [-0.05, 0) is 32.6 Å². The molecule has 0 aromatic rings. The van der Waals surface area contributed by atoms with Crippen LogP contribution in [0.2, 0.25) is 0 Å². The standard InChI is InChI=1S/C17H34N4O4/c1-13(22)9-6-4-2-3-5-7-11-15(23)25-16(24)14(18)10-8-12-21-17(19)20/h13-14,22H,2-12,18H2,1H3,(H4,19,20,21)/t13?,14-/m0/s1. The van der Waals surface area contributed by atoms with Crippen LogP contribution < -0.4 is 16.8 Å². The van der Waals surface area contributed by atoms with Crippen LogP contribution in [0.3, 0.4) is 0 Å². The average molecular weight is 358 g/mol. The van der Waals surface area contributed by atoms with Gasteiger partial charge in [-0.1, -0.05) is 32.1 Å². The smallest absolute Gasteiger partial charge is 0.330 e. The number of unbranched alkanes of at least 4 members (excludes halogenated alkanes) is 5. The second-order valence-electron chi connectivity index (χ2n) is 6.39. The summed E-state index contributed by atoms with van der Waals surface area (Å²) in [6.07, 6.45) is 7.57. The number of hydrogen-bond acceptors (Lipinski definition) is 6. The topological polar surface area (TPSA) is 152 Å². The van der Waals surface area contributed by atoms with Gasteiger partial charge in [-0.3, -0.25) is 10.2 Å². The molecule has 0 aliphatic rings. The van der Waals surface area contributed by atoms with E-state index in [9.17, 15) is 9.59 Å². The number of hydrogen-bond donors (Lipinski definition) is 5. The van der Waals surface area contributed by atoms with Crippen molar-refractivity contribution in [3.8, 4) is 0 Å². The van der Waals surface area contributed by atoms with Crippen LogP contribution in [0.15, 0.2) is 0 Å². The molecule has 2 atom stereocenters. The number of aliphatic hydroxyl groups is 1. The summed E-state index contributed by atoms with van der Waals surface area (Å²) >= 11 is 0. The van der Waals surface area contributed by atoms with Gasteiger partial charge >= 0.3 is 11.9 Å². The van der Waals surface area contributed by atoms with Crippen molar-refractivity contribution < 1.29 is 19.4 Å². The molecule has 146 valence electrons. The van der Waals surface area contributed by atoms with Gasteiger partial charge in [0.05, 0.1) is 6.10 Å². The van der Waals surface area contributed by atoms with E-state index in [-0.39, 0.29) is 18.5 Å². The number of ether oxygens (including phenoxy) is 1. The third kappa shape index (κ3) is 15.6. The Labute approximate surface area is 150 Å². The van der Waals surface area contributed by atoms with E-state index in [0.717, 1.165) is 38.5 Å². The molecule has 0 heterocycles. The fourth-order valence-corrected chi connectivity index (χ4v) is 2.32. The molecule has 0 aliphatic heterocycles. The third-order valence-electron chi connectivity index (χ3n) is 3.78. The number of nitrogens with one attached hydrogen (secondary N) is 2. The molecule has 0 saturated carbocycles. The van der Waals surface area contributed by atoms with Crippen molar-refractivity contribution in [1.29, 1.82) is 5.41 Å². The minimum absolute atomic E-state index is 0.130. The van der Waals surface area contributed by atoms with E-state index >= 15 is 0 Å². The highest BCUT2D eigenvalue weighted by Crippen LogP contribution is 2.10. The Morgan fingerprint density at radius 1 is 1.08 bits per heavy atom. The van der Waals surface area contributed by atoms with Gasteiger partial charge in [-0.15, -0.1) is 0 Å². The second kappa shape index (κ2) is 14.7. The van der Waals surface area contributed by atoms with E-state index in [2.05, 4.69) is 5.32 Å². The molecule has 0 aromatic carbocycles. The first-order valence-corrected chi connectivity index (χ1v) is 9.09. The molecule has 0 fully saturated rings. The summed E-state index contributed by atoms with van der Waals surface area (Å²) in [4.78, 5) is 23.3. The molecule has 0 spiro atoms. The molecule has 0 aromatic heterocycles. The van der Waals surface area contributed by atoms with E-state index in [4.69, 9.17) is 26.7 Å². The highest BCUT2D eigenvalue weighted by Gasteiger charge is 2.18. The van der Waals surface area contributed by atoms with Crippen molar-refractivity contribution >= 4 is 17.9 Å². The highest BCUT2D eigenvalue weighted by molar-refractivity contribution is 5.88. The Kier molecular flexibility index (Phi) is 13.7. The molecule has 0 radical (unpaired) electrons. The van der Waals surface area contributed by atoms with Gasteiger partial charge in [-0.2, -0.15) is 0 Å². The fourth-order valence-electron chi connectivity index (χ4n) is 2.32. The quantitative estimate of drug-likeness (QED) is 0.103. The van der Waals surface area contributed by atoms with Gasteiger partial charge in [0.25, 0.3) is 0 Å². The van der Waals surface area contributed by atoms with Gasteiger partial charge in [-0.25, -0.2) is 4.79 Å². The lowest BCUT2D eigenvalue weighted by Gasteiger charge is -2.10. The Bertz CT molecular complexity index is 402. The van der Waals surface area contributed by atoms with Crippen LogP contribution in [0, 0.1) is 5.41 Å². The van der Waals surface area contributed by atoms with Crippen molar-refractivity contribution in [1.82, 2.24) is 5.32 Å². The Morgan fingerprint density at radius 2 is 1.68 bits per heavy atom. The first kappa shape index (κ1) is 23.3. The molecular weight excluding hydrogens is 324 g/mol. The van der Waals surface area contributed by atoms with Crippen molar-refractivity contribution in [2.24, 2.45) is 11.5 Å². The number of aliphatic hydroxyl groups excluding tert-OH is 1. The first-order valence-electron chi connectivity index (χ1n) is 9.09. The summed E-state index contributed by atoms with van der Waals surface area (Å²) in [6, 6.07) is -0.841. The molecule has 1 unspecified atom stereocenters. The molecule has 0 bridgehead atoms. The summed E-state index contributed by atoms with van der Waals surface area (Å²) in [6.45, 7) is 2.24. The summed E-state index contributed by atoms with van der Waals surface area (Å²) in [5.74, 6) is -1.36. The molecule has 8 heteroatoms. The largest absolute Gasteiger partial charge is 0.393 e. The fraction of sp³-hybridized carbons (Fsp3) is 0.824. The number of guanidine groups is 1. The minimum atomic E-state index is -0.841. The summed E-state index contributed by atoms with van der Waals surface area (Å²) in [5, 5.41) is 18.7. The monoisotopic (exact) mass is 358 g/mol. The summed E-state index contributed by atoms with van der Waals surface area (Å²) in [5.41, 5.74) is 10.8. The normalized spacial score (nSPS) is 13.1. The van der Waals surface area contributed by atoms with Crippen LogP contribution in [0.4, 0.5) is 0 Å². The zero-order valence-corrected chi connectivity index (χ0v) is 15.3. The number of rotatable bonds is 14. The van der Waals surface area contributed by atoms with E-state index in [1.807, 2.05) is 0 Å². The number of esters is 2. The van der Waals surface area contributed by atoms with Gasteiger partial charge in [0.2, 0.25) is 0 Å². The molecule has 8 nitrogen and oxygen atoms in total. The summed E-state index contributed by atoms with van der Waals surface area (Å²) in [7, 11) is 0. The SMILES string of the molecule is CC(O)CCCCCCCCC(=O)OC(=O)[C@@H](N)CCCNC(=N)N. The molecule has 0 amide bonds.